The molecule has 1 aliphatic carbocycles. The number of aromatic hydroxyl groups is 4. The summed E-state index contributed by atoms with van der Waals surface area (Å²) in [6, 6.07) is 16.0. The Balaban J connectivity index is 1.12. The molecule has 450 valence electrons. The summed E-state index contributed by atoms with van der Waals surface area (Å²) in [6.45, 7) is -2.47. The summed E-state index contributed by atoms with van der Waals surface area (Å²) in [4.78, 5) is 62.2. The van der Waals surface area contributed by atoms with Crippen molar-refractivity contribution in [2.45, 2.75) is 98.5 Å². The molecule has 0 amide bonds. The molecule has 3 aromatic rings. The molecular formula is C55H56O29. The quantitative estimate of drug-likeness (QED) is 0.0146. The second kappa shape index (κ2) is 26.9. The van der Waals surface area contributed by atoms with Gasteiger partial charge in [0.2, 0.25) is 12.6 Å². The third kappa shape index (κ3) is 14.7. The Bertz CT molecular complexity index is 3230. The van der Waals surface area contributed by atoms with Crippen molar-refractivity contribution in [3.05, 3.63) is 112 Å². The molecule has 3 fully saturated rings. The number of fused-ring (bicyclic) bond motifs is 1. The first-order valence-electron chi connectivity index (χ1n) is 25.3. The van der Waals surface area contributed by atoms with Crippen LogP contribution in [0, 0.1) is 0 Å². The first-order valence-corrected chi connectivity index (χ1v) is 25.3. The molecule has 4 heterocycles. The number of aliphatic carboxylic acids is 1. The molecule has 29 heteroatoms. The fourth-order valence-electron chi connectivity index (χ4n) is 8.71. The average molecular weight is 1180 g/mol. The highest BCUT2D eigenvalue weighted by atomic mass is 16.8. The van der Waals surface area contributed by atoms with E-state index in [1.165, 1.54) is 67.8 Å². The number of rotatable bonds is 20. The van der Waals surface area contributed by atoms with Crippen LogP contribution in [-0.4, -0.2) is 209 Å². The lowest BCUT2D eigenvalue weighted by atomic mass is 9.97. The van der Waals surface area contributed by atoms with Gasteiger partial charge in [0.25, 0.3) is 0 Å². The summed E-state index contributed by atoms with van der Waals surface area (Å²) < 4.78 is 62.8. The Labute approximate surface area is 473 Å². The molecule has 0 bridgehead atoms. The lowest BCUT2D eigenvalue weighted by Crippen LogP contribution is -2.65. The highest BCUT2D eigenvalue weighted by molar-refractivity contribution is 5.90. The lowest BCUT2D eigenvalue weighted by Gasteiger charge is -2.46. The van der Waals surface area contributed by atoms with Crippen LogP contribution in [-0.2, 0) is 52.3 Å². The van der Waals surface area contributed by atoms with Gasteiger partial charge in [0.15, 0.2) is 52.3 Å². The molecule has 3 saturated heterocycles. The van der Waals surface area contributed by atoms with Crippen LogP contribution in [0.15, 0.2) is 100 Å². The molecule has 29 nitrogen and oxygen atoms in total. The predicted molar refractivity (Wildman–Crippen MR) is 276 cm³/mol. The van der Waals surface area contributed by atoms with Gasteiger partial charge in [-0.15, -0.1) is 0 Å². The molecule has 0 aromatic heterocycles. The number of phenolic OH excluding ortho intramolecular Hbond substituents is 4. The highest BCUT2D eigenvalue weighted by Gasteiger charge is 2.53. The van der Waals surface area contributed by atoms with Crippen LogP contribution >= 0.6 is 0 Å². The zero-order valence-corrected chi connectivity index (χ0v) is 43.6. The first kappa shape index (κ1) is 61.6. The van der Waals surface area contributed by atoms with E-state index in [2.05, 4.69) is 0 Å². The topological polar surface area (TPSA) is 454 Å². The van der Waals surface area contributed by atoms with Gasteiger partial charge in [0.1, 0.15) is 111 Å². The van der Waals surface area contributed by atoms with Crippen LogP contribution in [0.5, 0.6) is 40.2 Å². The van der Waals surface area contributed by atoms with Gasteiger partial charge in [-0.2, -0.15) is 0 Å². The molecule has 13 N–H and O–H groups in total. The van der Waals surface area contributed by atoms with Crippen LogP contribution in [0.1, 0.15) is 17.5 Å². The first-order chi connectivity index (χ1) is 40.0. The number of carbonyl (C=O) groups is 4. The van der Waals surface area contributed by atoms with Gasteiger partial charge in [0, 0.05) is 29.8 Å². The summed E-state index contributed by atoms with van der Waals surface area (Å²) in [5, 5.41) is 138. The highest BCUT2D eigenvalue weighted by Crippen LogP contribution is 2.44. The van der Waals surface area contributed by atoms with E-state index in [1.54, 1.807) is 0 Å². The Morgan fingerprint density at radius 3 is 1.67 bits per heavy atom. The van der Waals surface area contributed by atoms with E-state index in [1.807, 2.05) is 0 Å². The van der Waals surface area contributed by atoms with Crippen LogP contribution in [0.25, 0.3) is 34.8 Å². The van der Waals surface area contributed by atoms with Crippen molar-refractivity contribution in [3.63, 3.8) is 0 Å². The molecule has 0 saturated carbocycles. The van der Waals surface area contributed by atoms with Crippen molar-refractivity contribution in [2.24, 2.45) is 0 Å². The summed E-state index contributed by atoms with van der Waals surface area (Å²) in [5.74, 6) is -7.48. The molecule has 5 aliphatic rings. The number of hydrogen-bond donors (Lipinski definition) is 13. The number of methoxy groups -OCH3 is 1. The molecule has 0 radical (unpaired) electrons. The standard InChI is InChI=1S/C55H56O29/c1-74-34-15-24(3-11-30(34)59)5-13-41(64)76-21-38-45(68)48(71)52(84-54-50(73)47(70)43(66)36(82-54)20-75-40(63)12-4-23-2-10-29(58)31(60)14-23)55(83-38)80-35-18-28-32(78-51(35)25-6-8-26(56)9-7-25)16-27(57)17-33(28)79-53-49(72)46(69)44(67)37(81-53)22-77-42(65)19-39(61)62/h2-18,36-38,43-50,52-56,58-60,66-73H,19-22H2,1H3,(H,61,62)/t36-,37-,38-,43-,44-,45-,46+,47+,48+,49-,50-,52-,53-,54+,55-/m1/s1. The minimum atomic E-state index is -2.19. The SMILES string of the molecule is COc1cc(C=CC(=O)OC[C@H]2O[C@@H](Oc3cc4c(O[C@@H]5O[C@H](COC(=O)CC(=O)O)[C@@H](O)[C@H](O)[C@H]5O)cc(=O)cc-4oc3-c3ccc(O)cc3)[C@H](O[C@@H]3O[C@H](COC(=O)C=Cc4ccc(O)c(O)c4)[C@@H](O)[C@H](O)[C@H]3O)[C@@H](O)[C@@H]2O)ccc1O. The van der Waals surface area contributed by atoms with Gasteiger partial charge >= 0.3 is 23.9 Å². The number of hydrogen-bond acceptors (Lipinski definition) is 28. The number of carboxylic acid groups (broad SMARTS) is 1. The second-order valence-corrected chi connectivity index (χ2v) is 19.1. The number of carbonyl (C=O) groups excluding carboxylic acids is 3. The normalized spacial score (nSPS) is 27.9. The number of esters is 3. The van der Waals surface area contributed by atoms with E-state index >= 15 is 0 Å². The summed E-state index contributed by atoms with van der Waals surface area (Å²) in [6.07, 6.45) is -26.5. The molecule has 15 atom stereocenters. The molecule has 0 unspecified atom stereocenters. The third-order valence-corrected chi connectivity index (χ3v) is 13.2. The monoisotopic (exact) mass is 1180 g/mol. The van der Waals surface area contributed by atoms with E-state index in [4.69, 9.17) is 56.9 Å². The average Bonchev–Trinajstić information content (AvgIpc) is 3.18. The summed E-state index contributed by atoms with van der Waals surface area (Å²) in [7, 11) is 1.31. The van der Waals surface area contributed by atoms with Gasteiger partial charge in [-0.3, -0.25) is 14.4 Å². The van der Waals surface area contributed by atoms with Crippen molar-refractivity contribution in [2.75, 3.05) is 26.9 Å². The molecule has 0 spiro atoms. The number of carboxylic acids is 1. The number of ether oxygens (including phenoxy) is 10. The fraction of sp³-hybridized carbons (Fsp3) is 0.364. The van der Waals surface area contributed by atoms with E-state index in [0.29, 0.717) is 5.56 Å². The van der Waals surface area contributed by atoms with Crippen LogP contribution < -0.4 is 19.6 Å². The minimum absolute atomic E-state index is 0.0894. The zero-order valence-electron chi connectivity index (χ0n) is 43.6. The number of benzene rings is 4. The number of aliphatic hydroxyl groups is 8. The maximum Gasteiger partial charge on any atom is 0.330 e. The van der Waals surface area contributed by atoms with E-state index in [9.17, 15) is 85.3 Å². The summed E-state index contributed by atoms with van der Waals surface area (Å²) in [5.41, 5.74) is -0.212. The Morgan fingerprint density at radius 1 is 0.536 bits per heavy atom. The van der Waals surface area contributed by atoms with E-state index < -0.39 is 171 Å². The smallest absolute Gasteiger partial charge is 0.330 e. The van der Waals surface area contributed by atoms with Crippen molar-refractivity contribution in [1.82, 2.24) is 0 Å². The molecule has 3 aromatic carbocycles. The maximum atomic E-state index is 13.3. The third-order valence-electron chi connectivity index (χ3n) is 13.2. The summed E-state index contributed by atoms with van der Waals surface area (Å²) >= 11 is 0. The number of aliphatic hydroxyl groups excluding tert-OH is 8. The van der Waals surface area contributed by atoms with E-state index in [0.717, 1.165) is 42.5 Å². The Kier molecular flexibility index (Phi) is 19.7. The van der Waals surface area contributed by atoms with Crippen molar-refractivity contribution < 1.29 is 137 Å². The Hall–Kier alpha value is -8.43. The van der Waals surface area contributed by atoms with Crippen LogP contribution in [0.4, 0.5) is 0 Å². The van der Waals surface area contributed by atoms with Crippen molar-refractivity contribution >= 4 is 36.0 Å². The van der Waals surface area contributed by atoms with Gasteiger partial charge in [-0.05, 0) is 77.9 Å². The van der Waals surface area contributed by atoms with Gasteiger partial charge < -0.3 is 118 Å². The lowest BCUT2D eigenvalue weighted by molar-refractivity contribution is -0.358. The van der Waals surface area contributed by atoms with Crippen LogP contribution in [0.3, 0.4) is 0 Å². The number of phenols is 4. The Morgan fingerprint density at radius 2 is 1.07 bits per heavy atom. The predicted octanol–water partition coefficient (Wildman–Crippen LogP) is -1.02. The van der Waals surface area contributed by atoms with Gasteiger partial charge in [-0.1, -0.05) is 12.1 Å². The van der Waals surface area contributed by atoms with Crippen molar-refractivity contribution in [3.8, 4) is 62.9 Å². The van der Waals surface area contributed by atoms with Gasteiger partial charge in [0.05, 0.1) is 12.7 Å². The second-order valence-electron chi connectivity index (χ2n) is 19.1. The molecule has 8 rings (SSSR count). The molecule has 4 aliphatic heterocycles. The molecular weight excluding hydrogens is 1120 g/mol. The van der Waals surface area contributed by atoms with Gasteiger partial charge in [-0.25, -0.2) is 9.59 Å². The zero-order chi connectivity index (χ0) is 60.7. The van der Waals surface area contributed by atoms with Crippen LogP contribution in [0.2, 0.25) is 0 Å². The van der Waals surface area contributed by atoms with E-state index in [-0.39, 0.29) is 45.5 Å². The molecule has 84 heavy (non-hydrogen) atoms. The minimum Gasteiger partial charge on any atom is -0.508 e. The van der Waals surface area contributed by atoms with Crippen molar-refractivity contribution in [1.29, 1.82) is 0 Å². The maximum absolute atomic E-state index is 13.3. The fourth-order valence-corrected chi connectivity index (χ4v) is 8.71. The largest absolute Gasteiger partial charge is 0.508 e.